The van der Waals surface area contributed by atoms with Crippen LogP contribution >= 0.6 is 0 Å². The van der Waals surface area contributed by atoms with Gasteiger partial charge in [-0.05, 0) is 18.2 Å². The number of fused-ring (bicyclic) bond motifs is 3. The highest BCUT2D eigenvalue weighted by Crippen LogP contribution is 2.29. The number of para-hydroxylation sites is 1. The molecule has 4 rings (SSSR count). The lowest BCUT2D eigenvalue weighted by molar-refractivity contribution is 0.0739. The Labute approximate surface area is 134 Å². The normalized spacial score (nSPS) is 15.3. The molecule has 0 saturated carbocycles. The van der Waals surface area contributed by atoms with Crippen molar-refractivity contribution in [2.75, 3.05) is 33.3 Å². The number of methoxy groups -OCH3 is 1. The molecule has 0 unspecified atom stereocenters. The fourth-order valence-corrected chi connectivity index (χ4v) is 3.29. The van der Waals surface area contributed by atoms with Crippen LogP contribution in [0.3, 0.4) is 0 Å². The van der Waals surface area contributed by atoms with Gasteiger partial charge in [-0.1, -0.05) is 18.2 Å². The number of aromatic nitrogens is 1. The minimum atomic E-state index is 0.107. The highest BCUT2D eigenvalue weighted by Gasteiger charge is 2.24. The molecule has 118 valence electrons. The maximum absolute atomic E-state index is 13.1. The molecule has 3 aromatic rings. The molecule has 0 atom stereocenters. The quantitative estimate of drug-likeness (QED) is 0.789. The standard InChI is InChI=1S/C18H19N3O2/c1-23-13-6-7-16-17(18(22)20-10-8-19-9-11-20)14-4-2-3-5-15(14)21(16)12-13/h2-7,12,19H,8-11H2,1H3. The van der Waals surface area contributed by atoms with E-state index in [9.17, 15) is 4.79 Å². The van der Waals surface area contributed by atoms with E-state index in [1.807, 2.05) is 51.9 Å². The van der Waals surface area contributed by atoms with Crippen molar-refractivity contribution in [3.63, 3.8) is 0 Å². The highest BCUT2D eigenvalue weighted by molar-refractivity contribution is 6.13. The van der Waals surface area contributed by atoms with Gasteiger partial charge in [-0.2, -0.15) is 0 Å². The third-order valence-electron chi connectivity index (χ3n) is 4.46. The molecule has 1 aliphatic heterocycles. The highest BCUT2D eigenvalue weighted by atomic mass is 16.5. The van der Waals surface area contributed by atoms with E-state index in [0.717, 1.165) is 53.9 Å². The van der Waals surface area contributed by atoms with E-state index < -0.39 is 0 Å². The molecule has 5 heteroatoms. The van der Waals surface area contributed by atoms with E-state index in [1.165, 1.54) is 0 Å². The molecule has 3 heterocycles. The summed E-state index contributed by atoms with van der Waals surface area (Å²) in [7, 11) is 1.65. The number of rotatable bonds is 2. The van der Waals surface area contributed by atoms with Gasteiger partial charge in [0.1, 0.15) is 5.75 Å². The average molecular weight is 309 g/mol. The first-order chi connectivity index (χ1) is 11.3. The molecular formula is C18H19N3O2. The Morgan fingerprint density at radius 2 is 1.87 bits per heavy atom. The Morgan fingerprint density at radius 1 is 1.09 bits per heavy atom. The first-order valence-electron chi connectivity index (χ1n) is 7.86. The van der Waals surface area contributed by atoms with Gasteiger partial charge in [-0.25, -0.2) is 0 Å². The Kier molecular flexibility index (Phi) is 3.42. The average Bonchev–Trinajstić information content (AvgIpc) is 2.95. The molecule has 1 aliphatic rings. The van der Waals surface area contributed by atoms with Crippen LogP contribution < -0.4 is 10.1 Å². The first-order valence-corrected chi connectivity index (χ1v) is 7.86. The van der Waals surface area contributed by atoms with Gasteiger partial charge in [0.15, 0.2) is 0 Å². The van der Waals surface area contributed by atoms with Crippen LogP contribution in [0.5, 0.6) is 5.75 Å². The number of hydrogen-bond acceptors (Lipinski definition) is 3. The smallest absolute Gasteiger partial charge is 0.256 e. The molecule has 1 fully saturated rings. The zero-order chi connectivity index (χ0) is 15.8. The molecule has 23 heavy (non-hydrogen) atoms. The molecule has 0 bridgehead atoms. The van der Waals surface area contributed by atoms with E-state index in [0.29, 0.717) is 0 Å². The summed E-state index contributed by atoms with van der Waals surface area (Å²) >= 11 is 0. The number of carbonyl (C=O) groups is 1. The Hall–Kier alpha value is -2.53. The Bertz CT molecular complexity index is 878. The second kappa shape index (κ2) is 5.59. The van der Waals surface area contributed by atoms with Crippen molar-refractivity contribution in [3.05, 3.63) is 48.2 Å². The Balaban J connectivity index is 1.94. The minimum Gasteiger partial charge on any atom is -0.495 e. The van der Waals surface area contributed by atoms with Crippen LogP contribution in [-0.2, 0) is 0 Å². The monoisotopic (exact) mass is 309 g/mol. The number of nitrogens with one attached hydrogen (secondary N) is 1. The summed E-state index contributed by atoms with van der Waals surface area (Å²) in [5.74, 6) is 0.884. The zero-order valence-electron chi connectivity index (χ0n) is 13.1. The minimum absolute atomic E-state index is 0.107. The molecule has 1 saturated heterocycles. The van der Waals surface area contributed by atoms with Gasteiger partial charge in [0.05, 0.1) is 29.9 Å². The summed E-state index contributed by atoms with van der Waals surface area (Å²) in [6.07, 6.45) is 1.94. The van der Waals surface area contributed by atoms with Gasteiger partial charge < -0.3 is 19.4 Å². The van der Waals surface area contributed by atoms with Crippen LogP contribution in [0.2, 0.25) is 0 Å². The van der Waals surface area contributed by atoms with Crippen molar-refractivity contribution in [3.8, 4) is 5.75 Å². The van der Waals surface area contributed by atoms with Gasteiger partial charge in [-0.15, -0.1) is 0 Å². The van der Waals surface area contributed by atoms with Crippen molar-refractivity contribution >= 4 is 22.3 Å². The summed E-state index contributed by atoms with van der Waals surface area (Å²) in [4.78, 5) is 15.0. The summed E-state index contributed by atoms with van der Waals surface area (Å²) in [5.41, 5.74) is 2.74. The van der Waals surface area contributed by atoms with E-state index in [4.69, 9.17) is 4.74 Å². The van der Waals surface area contributed by atoms with Crippen LogP contribution in [0.4, 0.5) is 0 Å². The predicted molar refractivity (Wildman–Crippen MR) is 90.2 cm³/mol. The molecule has 5 nitrogen and oxygen atoms in total. The molecule has 1 N–H and O–H groups in total. The number of amides is 1. The zero-order valence-corrected chi connectivity index (χ0v) is 13.1. The molecule has 1 aromatic carbocycles. The number of ether oxygens (including phenoxy) is 1. The van der Waals surface area contributed by atoms with Crippen molar-refractivity contribution < 1.29 is 9.53 Å². The van der Waals surface area contributed by atoms with Crippen molar-refractivity contribution in [2.45, 2.75) is 0 Å². The largest absolute Gasteiger partial charge is 0.495 e. The molecule has 2 aromatic heterocycles. The number of benzene rings is 1. The fourth-order valence-electron chi connectivity index (χ4n) is 3.29. The summed E-state index contributed by atoms with van der Waals surface area (Å²) < 4.78 is 7.38. The second-order valence-corrected chi connectivity index (χ2v) is 5.76. The molecule has 0 aliphatic carbocycles. The van der Waals surface area contributed by atoms with E-state index >= 15 is 0 Å². The van der Waals surface area contributed by atoms with Gasteiger partial charge in [0, 0.05) is 31.6 Å². The van der Waals surface area contributed by atoms with Gasteiger partial charge in [0.25, 0.3) is 5.91 Å². The number of nitrogens with zero attached hydrogens (tertiary/aromatic N) is 2. The maximum Gasteiger partial charge on any atom is 0.256 e. The van der Waals surface area contributed by atoms with E-state index in [2.05, 4.69) is 5.32 Å². The third-order valence-corrected chi connectivity index (χ3v) is 4.46. The molecule has 0 spiro atoms. The molecule has 1 amide bonds. The molecular weight excluding hydrogens is 290 g/mol. The maximum atomic E-state index is 13.1. The second-order valence-electron chi connectivity index (χ2n) is 5.76. The van der Waals surface area contributed by atoms with Crippen LogP contribution in [0, 0.1) is 0 Å². The summed E-state index contributed by atoms with van der Waals surface area (Å²) in [6, 6.07) is 11.9. The first kappa shape index (κ1) is 14.1. The predicted octanol–water partition coefficient (Wildman–Crippen LogP) is 2.15. The third kappa shape index (κ3) is 2.24. The Morgan fingerprint density at radius 3 is 2.65 bits per heavy atom. The summed E-state index contributed by atoms with van der Waals surface area (Å²) in [6.45, 7) is 3.20. The molecule has 0 radical (unpaired) electrons. The van der Waals surface area contributed by atoms with Crippen molar-refractivity contribution in [2.24, 2.45) is 0 Å². The van der Waals surface area contributed by atoms with Crippen LogP contribution in [-0.4, -0.2) is 48.5 Å². The van der Waals surface area contributed by atoms with Gasteiger partial charge in [-0.3, -0.25) is 4.79 Å². The number of pyridine rings is 1. The van der Waals surface area contributed by atoms with E-state index in [1.54, 1.807) is 7.11 Å². The van der Waals surface area contributed by atoms with Crippen LogP contribution in [0.25, 0.3) is 16.4 Å². The lowest BCUT2D eigenvalue weighted by atomic mass is 10.1. The van der Waals surface area contributed by atoms with E-state index in [-0.39, 0.29) is 5.91 Å². The van der Waals surface area contributed by atoms with Gasteiger partial charge in [0.2, 0.25) is 0 Å². The topological polar surface area (TPSA) is 46.0 Å². The lowest BCUT2D eigenvalue weighted by Crippen LogP contribution is -2.46. The summed E-state index contributed by atoms with van der Waals surface area (Å²) in [5, 5.41) is 4.28. The van der Waals surface area contributed by atoms with Crippen LogP contribution in [0.15, 0.2) is 42.6 Å². The van der Waals surface area contributed by atoms with Crippen molar-refractivity contribution in [1.82, 2.24) is 14.6 Å². The van der Waals surface area contributed by atoms with Crippen LogP contribution in [0.1, 0.15) is 10.4 Å². The van der Waals surface area contributed by atoms with Gasteiger partial charge >= 0.3 is 0 Å². The SMILES string of the molecule is COc1ccc2c(C(=O)N3CCNCC3)c3ccccc3n2c1. The number of piperazine rings is 1. The number of hydrogen-bond donors (Lipinski definition) is 1. The number of carbonyl (C=O) groups excluding carboxylic acids is 1. The van der Waals surface area contributed by atoms with Crippen molar-refractivity contribution in [1.29, 1.82) is 0 Å². The fraction of sp³-hybridized carbons (Fsp3) is 0.278. The lowest BCUT2D eigenvalue weighted by Gasteiger charge is -2.27.